The zero-order chi connectivity index (χ0) is 10.9. The highest BCUT2D eigenvalue weighted by Crippen LogP contribution is 2.44. The third-order valence-electron chi connectivity index (χ3n) is 3.67. The number of hydrogen-bond donors (Lipinski definition) is 0. The van der Waals surface area contributed by atoms with Crippen molar-refractivity contribution in [1.29, 1.82) is 0 Å². The van der Waals surface area contributed by atoms with Crippen molar-refractivity contribution in [3.63, 3.8) is 0 Å². The molecule has 0 bridgehead atoms. The zero-order valence-corrected chi connectivity index (χ0v) is 10.5. The molecule has 3 nitrogen and oxygen atoms in total. The summed E-state index contributed by atoms with van der Waals surface area (Å²) in [6.45, 7) is 9.47. The van der Waals surface area contributed by atoms with Gasteiger partial charge in [-0.15, -0.1) is 0 Å². The second-order valence-corrected chi connectivity index (χ2v) is 5.79. The fourth-order valence-corrected chi connectivity index (χ4v) is 4.00. The van der Waals surface area contributed by atoms with Crippen molar-refractivity contribution in [3.05, 3.63) is 0 Å². The summed E-state index contributed by atoms with van der Waals surface area (Å²) in [6, 6.07) is 0. The standard InChI is InChI=1S/C11H20N2OS/c1-3-12-7-5-11(6-8-12)13(4-2)9-10(14)15-11/h3-9H2,1-2H3. The molecule has 1 spiro atoms. The first-order valence-electron chi connectivity index (χ1n) is 5.89. The third-order valence-corrected chi connectivity index (χ3v) is 5.07. The van der Waals surface area contributed by atoms with Gasteiger partial charge in [-0.2, -0.15) is 0 Å². The molecule has 2 rings (SSSR count). The molecular formula is C11H20N2OS. The van der Waals surface area contributed by atoms with E-state index in [9.17, 15) is 4.79 Å². The number of carbonyl (C=O) groups is 1. The van der Waals surface area contributed by atoms with Crippen molar-refractivity contribution in [1.82, 2.24) is 9.80 Å². The smallest absolute Gasteiger partial charge is 0.204 e. The maximum Gasteiger partial charge on any atom is 0.204 e. The van der Waals surface area contributed by atoms with Crippen LogP contribution in [0.25, 0.3) is 0 Å². The fourth-order valence-electron chi connectivity index (χ4n) is 2.65. The van der Waals surface area contributed by atoms with E-state index in [2.05, 4.69) is 23.6 Å². The number of nitrogens with zero attached hydrogens (tertiary/aromatic N) is 2. The van der Waals surface area contributed by atoms with Gasteiger partial charge < -0.3 is 4.90 Å². The highest BCUT2D eigenvalue weighted by molar-refractivity contribution is 8.15. The summed E-state index contributed by atoms with van der Waals surface area (Å²) in [5.41, 5.74) is 0. The number of hydrogen-bond acceptors (Lipinski definition) is 4. The number of thioether (sulfide) groups is 1. The topological polar surface area (TPSA) is 23.6 Å². The van der Waals surface area contributed by atoms with E-state index in [1.165, 1.54) is 0 Å². The Morgan fingerprint density at radius 1 is 1.27 bits per heavy atom. The molecule has 2 saturated heterocycles. The minimum atomic E-state index is 0.150. The van der Waals surface area contributed by atoms with Crippen LogP contribution in [0.5, 0.6) is 0 Å². The normalized spacial score (nSPS) is 27.7. The number of rotatable bonds is 2. The van der Waals surface area contributed by atoms with Crippen LogP contribution in [0.2, 0.25) is 0 Å². The van der Waals surface area contributed by atoms with Crippen LogP contribution in [0.15, 0.2) is 0 Å². The van der Waals surface area contributed by atoms with Crippen molar-refractivity contribution in [3.8, 4) is 0 Å². The van der Waals surface area contributed by atoms with Crippen LogP contribution in [-0.2, 0) is 4.79 Å². The molecule has 2 aliphatic rings. The number of piperidine rings is 1. The highest BCUT2D eigenvalue weighted by Gasteiger charge is 2.46. The van der Waals surface area contributed by atoms with Crippen LogP contribution in [0, 0.1) is 0 Å². The Bertz CT molecular complexity index is 249. The number of carbonyl (C=O) groups excluding carboxylic acids is 1. The molecule has 0 atom stereocenters. The molecular weight excluding hydrogens is 208 g/mol. The van der Waals surface area contributed by atoms with Crippen LogP contribution in [-0.4, -0.2) is 52.5 Å². The average Bonchev–Trinajstić information content (AvgIpc) is 2.56. The Kier molecular flexibility index (Phi) is 3.38. The third kappa shape index (κ3) is 2.08. The van der Waals surface area contributed by atoms with Gasteiger partial charge in [0.1, 0.15) is 0 Å². The molecule has 86 valence electrons. The predicted octanol–water partition coefficient (Wildman–Crippen LogP) is 1.39. The van der Waals surface area contributed by atoms with Gasteiger partial charge in [0.25, 0.3) is 0 Å². The summed E-state index contributed by atoms with van der Waals surface area (Å²) in [5, 5.41) is 0.363. The summed E-state index contributed by atoms with van der Waals surface area (Å²) < 4.78 is 0. The molecule has 0 aromatic rings. The van der Waals surface area contributed by atoms with Crippen LogP contribution in [0.3, 0.4) is 0 Å². The van der Waals surface area contributed by atoms with E-state index in [0.29, 0.717) is 11.7 Å². The van der Waals surface area contributed by atoms with E-state index in [-0.39, 0.29) is 4.87 Å². The molecule has 4 heteroatoms. The molecule has 0 aromatic heterocycles. The van der Waals surface area contributed by atoms with E-state index in [0.717, 1.165) is 39.0 Å². The van der Waals surface area contributed by atoms with E-state index in [1.54, 1.807) is 11.8 Å². The van der Waals surface area contributed by atoms with Gasteiger partial charge in [-0.1, -0.05) is 25.6 Å². The van der Waals surface area contributed by atoms with Crippen molar-refractivity contribution in [2.45, 2.75) is 31.6 Å². The second kappa shape index (κ2) is 4.44. The van der Waals surface area contributed by atoms with E-state index in [1.807, 2.05) is 0 Å². The van der Waals surface area contributed by atoms with Gasteiger partial charge in [0.05, 0.1) is 11.4 Å². The zero-order valence-electron chi connectivity index (χ0n) is 9.66. The first-order chi connectivity index (χ1) is 7.20. The van der Waals surface area contributed by atoms with Gasteiger partial charge in [0, 0.05) is 13.1 Å². The molecule has 0 amide bonds. The van der Waals surface area contributed by atoms with Crippen LogP contribution >= 0.6 is 11.8 Å². The van der Waals surface area contributed by atoms with Gasteiger partial charge in [0.2, 0.25) is 5.12 Å². The Morgan fingerprint density at radius 3 is 2.47 bits per heavy atom. The van der Waals surface area contributed by atoms with Gasteiger partial charge in [-0.3, -0.25) is 9.69 Å². The number of likely N-dealkylation sites (tertiary alicyclic amines) is 1. The minimum Gasteiger partial charge on any atom is -0.303 e. The molecule has 0 N–H and O–H groups in total. The second-order valence-electron chi connectivity index (χ2n) is 4.37. The molecule has 0 aromatic carbocycles. The maximum absolute atomic E-state index is 11.5. The summed E-state index contributed by atoms with van der Waals surface area (Å²) in [5.74, 6) is 0. The average molecular weight is 228 g/mol. The molecule has 0 radical (unpaired) electrons. The van der Waals surface area contributed by atoms with Crippen molar-refractivity contribution >= 4 is 16.9 Å². The molecule has 0 unspecified atom stereocenters. The predicted molar refractivity (Wildman–Crippen MR) is 63.9 cm³/mol. The van der Waals surface area contributed by atoms with Crippen LogP contribution < -0.4 is 0 Å². The first kappa shape index (κ1) is 11.4. The van der Waals surface area contributed by atoms with E-state index in [4.69, 9.17) is 0 Å². The quantitative estimate of drug-likeness (QED) is 0.713. The monoisotopic (exact) mass is 228 g/mol. The molecule has 0 aliphatic carbocycles. The lowest BCUT2D eigenvalue weighted by Gasteiger charge is -2.42. The maximum atomic E-state index is 11.5. The minimum absolute atomic E-state index is 0.150. The number of likely N-dealkylation sites (N-methyl/N-ethyl adjacent to an activating group) is 1. The lowest BCUT2D eigenvalue weighted by atomic mass is 10.0. The first-order valence-corrected chi connectivity index (χ1v) is 6.71. The van der Waals surface area contributed by atoms with Gasteiger partial charge in [-0.25, -0.2) is 0 Å². The Hall–Kier alpha value is -0.0600. The van der Waals surface area contributed by atoms with Crippen LogP contribution in [0.4, 0.5) is 0 Å². The van der Waals surface area contributed by atoms with Crippen molar-refractivity contribution < 1.29 is 4.79 Å². The summed E-state index contributed by atoms with van der Waals surface area (Å²) >= 11 is 1.59. The molecule has 2 aliphatic heterocycles. The lowest BCUT2D eigenvalue weighted by Crippen LogP contribution is -2.50. The van der Waals surface area contributed by atoms with Gasteiger partial charge in [0.15, 0.2) is 0 Å². The summed E-state index contributed by atoms with van der Waals surface area (Å²) in [7, 11) is 0. The SMILES string of the molecule is CCN1CCC2(CC1)SC(=O)CN2CC. The fraction of sp³-hybridized carbons (Fsp3) is 0.909. The lowest BCUT2D eigenvalue weighted by molar-refractivity contribution is -0.111. The Balaban J connectivity index is 2.04. The largest absolute Gasteiger partial charge is 0.303 e. The van der Waals surface area contributed by atoms with Crippen molar-refractivity contribution in [2.24, 2.45) is 0 Å². The van der Waals surface area contributed by atoms with Crippen LogP contribution in [0.1, 0.15) is 26.7 Å². The van der Waals surface area contributed by atoms with Crippen molar-refractivity contribution in [2.75, 3.05) is 32.7 Å². The van der Waals surface area contributed by atoms with E-state index < -0.39 is 0 Å². The van der Waals surface area contributed by atoms with E-state index >= 15 is 0 Å². The highest BCUT2D eigenvalue weighted by atomic mass is 32.2. The van der Waals surface area contributed by atoms with Gasteiger partial charge in [-0.05, 0) is 25.9 Å². The molecule has 0 saturated carbocycles. The molecule has 15 heavy (non-hydrogen) atoms. The Morgan fingerprint density at radius 2 is 1.93 bits per heavy atom. The molecule has 2 heterocycles. The summed E-state index contributed by atoms with van der Waals surface area (Å²) in [6.07, 6.45) is 2.29. The molecule has 2 fully saturated rings. The summed E-state index contributed by atoms with van der Waals surface area (Å²) in [4.78, 5) is 16.5. The Labute approximate surface area is 96.2 Å². The van der Waals surface area contributed by atoms with Gasteiger partial charge >= 0.3 is 0 Å².